The average molecular weight is 332 g/mol. The number of thiophene rings is 1. The van der Waals surface area contributed by atoms with E-state index in [1.165, 1.54) is 24.3 Å². The Hall–Kier alpha value is -1.57. The van der Waals surface area contributed by atoms with E-state index in [-0.39, 0.29) is 20.5 Å². The van der Waals surface area contributed by atoms with Gasteiger partial charge < -0.3 is 5.11 Å². The van der Waals surface area contributed by atoms with Crippen molar-refractivity contribution in [1.82, 2.24) is 0 Å². The first kappa shape index (κ1) is 14.8. The molecule has 2 rings (SSSR count). The first-order valence-electron chi connectivity index (χ1n) is 5.42. The van der Waals surface area contributed by atoms with Gasteiger partial charge in [0.2, 0.25) is 0 Å². The number of sulfonamides is 1. The van der Waals surface area contributed by atoms with Crippen molar-refractivity contribution in [1.29, 1.82) is 0 Å². The van der Waals surface area contributed by atoms with Crippen LogP contribution in [0.15, 0.2) is 34.5 Å². The van der Waals surface area contributed by atoms with Crippen LogP contribution in [0.1, 0.15) is 15.2 Å². The normalized spacial score (nSPS) is 11.3. The number of nitrogens with one attached hydrogen (secondary N) is 1. The third kappa shape index (κ3) is 3.12. The second-order valence-corrected chi connectivity index (χ2v) is 7.57. The van der Waals surface area contributed by atoms with Gasteiger partial charge in [-0.15, -0.1) is 11.3 Å². The van der Waals surface area contributed by atoms with Crippen molar-refractivity contribution in [2.24, 2.45) is 0 Å². The molecule has 0 unspecified atom stereocenters. The minimum Gasteiger partial charge on any atom is -0.478 e. The van der Waals surface area contributed by atoms with Crippen LogP contribution in [0.2, 0.25) is 5.02 Å². The molecule has 106 valence electrons. The first-order chi connectivity index (χ1) is 9.29. The van der Waals surface area contributed by atoms with Crippen LogP contribution < -0.4 is 4.72 Å². The van der Waals surface area contributed by atoms with E-state index in [4.69, 9.17) is 16.7 Å². The molecule has 2 aromatic rings. The number of aromatic carboxylic acids is 1. The van der Waals surface area contributed by atoms with E-state index in [9.17, 15) is 13.2 Å². The number of hydrogen-bond acceptors (Lipinski definition) is 4. The fourth-order valence-electron chi connectivity index (χ4n) is 1.51. The van der Waals surface area contributed by atoms with E-state index in [1.807, 2.05) is 6.92 Å². The van der Waals surface area contributed by atoms with Gasteiger partial charge in [0.15, 0.2) is 0 Å². The Labute approximate surface area is 124 Å². The fourth-order valence-corrected chi connectivity index (χ4v) is 4.11. The summed E-state index contributed by atoms with van der Waals surface area (Å²) in [6.07, 6.45) is 0. The van der Waals surface area contributed by atoms with Gasteiger partial charge in [-0.1, -0.05) is 11.6 Å². The van der Waals surface area contributed by atoms with E-state index in [0.29, 0.717) is 0 Å². The highest BCUT2D eigenvalue weighted by Crippen LogP contribution is 2.26. The highest BCUT2D eigenvalue weighted by Gasteiger charge is 2.17. The molecule has 0 atom stereocenters. The van der Waals surface area contributed by atoms with Gasteiger partial charge in [0.25, 0.3) is 10.0 Å². The zero-order valence-corrected chi connectivity index (χ0v) is 12.6. The molecule has 0 fully saturated rings. The summed E-state index contributed by atoms with van der Waals surface area (Å²) in [6.45, 7) is 1.81. The second-order valence-electron chi connectivity index (χ2n) is 3.97. The molecule has 1 heterocycles. The molecule has 0 radical (unpaired) electrons. The second kappa shape index (κ2) is 5.43. The highest BCUT2D eigenvalue weighted by atomic mass is 35.5. The molecule has 1 aromatic heterocycles. The number of hydrogen-bond donors (Lipinski definition) is 2. The van der Waals surface area contributed by atoms with E-state index in [2.05, 4.69) is 4.72 Å². The first-order valence-corrected chi connectivity index (χ1v) is 8.09. The average Bonchev–Trinajstić information content (AvgIpc) is 2.75. The number of anilines is 1. The predicted octanol–water partition coefficient (Wildman–Crippen LogP) is 3.21. The van der Waals surface area contributed by atoms with E-state index in [1.54, 1.807) is 6.07 Å². The fraction of sp³-hybridized carbons (Fsp3) is 0.0833. The Kier molecular flexibility index (Phi) is 4.03. The Morgan fingerprint density at radius 2 is 2.00 bits per heavy atom. The molecule has 0 bridgehead atoms. The summed E-state index contributed by atoms with van der Waals surface area (Å²) >= 11 is 6.94. The molecule has 0 amide bonds. The minimum atomic E-state index is -3.68. The molecule has 2 N–H and O–H groups in total. The van der Waals surface area contributed by atoms with Gasteiger partial charge in [0.05, 0.1) is 16.3 Å². The van der Waals surface area contributed by atoms with E-state index in [0.717, 1.165) is 16.2 Å². The molecule has 0 saturated heterocycles. The largest absolute Gasteiger partial charge is 0.478 e. The molecule has 0 aliphatic rings. The molecule has 8 heteroatoms. The third-order valence-corrected chi connectivity index (χ3v) is 5.62. The van der Waals surface area contributed by atoms with Gasteiger partial charge in [-0.25, -0.2) is 13.2 Å². The number of carboxylic acid groups (broad SMARTS) is 1. The summed E-state index contributed by atoms with van der Waals surface area (Å²) in [5.41, 5.74) is 0.132. The summed E-state index contributed by atoms with van der Waals surface area (Å²) in [4.78, 5) is 11.7. The van der Waals surface area contributed by atoms with Gasteiger partial charge in [-0.2, -0.15) is 0 Å². The van der Waals surface area contributed by atoms with Crippen molar-refractivity contribution in [3.05, 3.63) is 45.8 Å². The zero-order chi connectivity index (χ0) is 14.9. The molecule has 0 spiro atoms. The van der Waals surface area contributed by atoms with Crippen LogP contribution in [0, 0.1) is 6.92 Å². The Bertz CT molecular complexity index is 768. The molecule has 0 aliphatic heterocycles. The van der Waals surface area contributed by atoms with Crippen LogP contribution in [-0.2, 0) is 10.0 Å². The van der Waals surface area contributed by atoms with Crippen molar-refractivity contribution in [2.75, 3.05) is 4.72 Å². The van der Waals surface area contributed by atoms with E-state index < -0.39 is 16.0 Å². The van der Waals surface area contributed by atoms with Crippen LogP contribution in [0.4, 0.5) is 5.69 Å². The molecule has 5 nitrogen and oxygen atoms in total. The van der Waals surface area contributed by atoms with Crippen LogP contribution >= 0.6 is 22.9 Å². The van der Waals surface area contributed by atoms with Crippen molar-refractivity contribution < 1.29 is 18.3 Å². The molecule has 20 heavy (non-hydrogen) atoms. The lowest BCUT2D eigenvalue weighted by molar-refractivity contribution is 0.0697. The standard InChI is InChI=1S/C12H10ClNO4S2/c1-7-2-5-11(19-7)20(17,18)14-8-3-4-9(12(15)16)10(13)6-8/h2-6,14H,1H3,(H,15,16). The van der Waals surface area contributed by atoms with Crippen LogP contribution in [0.3, 0.4) is 0 Å². The number of benzene rings is 1. The molecular weight excluding hydrogens is 322 g/mol. The minimum absolute atomic E-state index is 0.0277. The molecule has 0 aliphatic carbocycles. The Morgan fingerprint density at radius 3 is 2.50 bits per heavy atom. The van der Waals surface area contributed by atoms with Gasteiger partial charge in [-0.3, -0.25) is 4.72 Å². The monoisotopic (exact) mass is 331 g/mol. The van der Waals surface area contributed by atoms with Gasteiger partial charge in [0, 0.05) is 4.88 Å². The lowest BCUT2D eigenvalue weighted by Gasteiger charge is -2.07. The number of rotatable bonds is 4. The maximum Gasteiger partial charge on any atom is 0.337 e. The molecule has 0 saturated carbocycles. The van der Waals surface area contributed by atoms with Crippen molar-refractivity contribution in [3.63, 3.8) is 0 Å². The lowest BCUT2D eigenvalue weighted by Crippen LogP contribution is -2.11. The van der Waals surface area contributed by atoms with Crippen molar-refractivity contribution >= 4 is 44.6 Å². The summed E-state index contributed by atoms with van der Waals surface area (Å²) in [5.74, 6) is -1.17. The quantitative estimate of drug-likeness (QED) is 0.901. The molecular formula is C12H10ClNO4S2. The highest BCUT2D eigenvalue weighted by molar-refractivity contribution is 7.94. The maximum atomic E-state index is 12.1. The van der Waals surface area contributed by atoms with Crippen LogP contribution in [-0.4, -0.2) is 19.5 Å². The Balaban J connectivity index is 2.30. The van der Waals surface area contributed by atoms with Gasteiger partial charge >= 0.3 is 5.97 Å². The summed E-state index contributed by atoms with van der Waals surface area (Å²) in [5, 5.41) is 8.82. The number of halogens is 1. The number of carboxylic acids is 1. The maximum absolute atomic E-state index is 12.1. The predicted molar refractivity (Wildman–Crippen MR) is 78.3 cm³/mol. The molecule has 1 aromatic carbocycles. The summed E-state index contributed by atoms with van der Waals surface area (Å²) < 4.78 is 26.7. The van der Waals surface area contributed by atoms with Crippen LogP contribution in [0.5, 0.6) is 0 Å². The van der Waals surface area contributed by atoms with Crippen molar-refractivity contribution in [2.45, 2.75) is 11.1 Å². The third-order valence-electron chi connectivity index (χ3n) is 2.43. The van der Waals surface area contributed by atoms with Crippen molar-refractivity contribution in [3.8, 4) is 0 Å². The smallest absolute Gasteiger partial charge is 0.337 e. The SMILES string of the molecule is Cc1ccc(S(=O)(=O)Nc2ccc(C(=O)O)c(Cl)c2)s1. The topological polar surface area (TPSA) is 83.5 Å². The summed E-state index contributed by atoms with van der Waals surface area (Å²) in [6, 6.07) is 7.09. The Morgan fingerprint density at radius 1 is 1.30 bits per heavy atom. The van der Waals surface area contributed by atoms with E-state index >= 15 is 0 Å². The number of carbonyl (C=O) groups is 1. The zero-order valence-electron chi connectivity index (χ0n) is 10.3. The number of aryl methyl sites for hydroxylation is 1. The van der Waals surface area contributed by atoms with Gasteiger partial charge in [-0.05, 0) is 37.3 Å². The summed E-state index contributed by atoms with van der Waals surface area (Å²) in [7, 11) is -3.68. The van der Waals surface area contributed by atoms with Crippen LogP contribution in [0.25, 0.3) is 0 Å². The van der Waals surface area contributed by atoms with Gasteiger partial charge in [0.1, 0.15) is 4.21 Å². The lowest BCUT2D eigenvalue weighted by atomic mass is 10.2.